The molecule has 0 aliphatic carbocycles. The summed E-state index contributed by atoms with van der Waals surface area (Å²) >= 11 is 0. The molecule has 3 heterocycles. The zero-order valence-corrected chi connectivity index (χ0v) is 21.3. The summed E-state index contributed by atoms with van der Waals surface area (Å²) in [6.07, 6.45) is 2.15. The second kappa shape index (κ2) is 11.1. The lowest BCUT2D eigenvalue weighted by Crippen LogP contribution is -2.29. The van der Waals surface area contributed by atoms with Crippen LogP contribution in [0, 0.1) is 6.92 Å². The molecule has 3 atom stereocenters. The van der Waals surface area contributed by atoms with Gasteiger partial charge in [0.2, 0.25) is 0 Å². The number of rotatable bonds is 10. The van der Waals surface area contributed by atoms with Crippen molar-refractivity contribution in [3.63, 3.8) is 0 Å². The van der Waals surface area contributed by atoms with Crippen LogP contribution in [-0.2, 0) is 14.6 Å². The standard InChI is InChI=1S/C24H35N5O5S/c1-16-22(26-18-8-10-33-14-18)27-23(28-24(16)29-9-7-21(13-29)35(3,31)32)17-5-4-6-20(11-17)34-15-19(30)12-25-2/h4-6,11,18-19,21,25,30H,7-10,12-15H2,1-3H3,(H,26,27,28). The molecule has 3 N–H and O–H groups in total. The van der Waals surface area contributed by atoms with Crippen LogP contribution in [0.4, 0.5) is 11.6 Å². The number of aliphatic hydroxyl groups is 1. The van der Waals surface area contributed by atoms with Gasteiger partial charge in [0, 0.05) is 43.6 Å². The molecule has 1 aromatic heterocycles. The van der Waals surface area contributed by atoms with Gasteiger partial charge in [-0.05, 0) is 38.9 Å². The maximum atomic E-state index is 12.1. The molecule has 35 heavy (non-hydrogen) atoms. The number of anilines is 2. The van der Waals surface area contributed by atoms with Crippen LogP contribution in [0.1, 0.15) is 18.4 Å². The average molecular weight is 506 g/mol. The molecule has 1 aromatic carbocycles. The summed E-state index contributed by atoms with van der Waals surface area (Å²) in [6, 6.07) is 7.63. The first-order valence-electron chi connectivity index (χ1n) is 12.0. The van der Waals surface area contributed by atoms with E-state index in [1.807, 2.05) is 36.1 Å². The second-order valence-electron chi connectivity index (χ2n) is 9.29. The fraction of sp³-hybridized carbons (Fsp3) is 0.583. The first-order chi connectivity index (χ1) is 16.7. The van der Waals surface area contributed by atoms with Gasteiger partial charge < -0.3 is 30.1 Å². The van der Waals surface area contributed by atoms with Crippen LogP contribution in [0.3, 0.4) is 0 Å². The number of sulfone groups is 1. The van der Waals surface area contributed by atoms with Crippen molar-refractivity contribution in [1.82, 2.24) is 15.3 Å². The maximum Gasteiger partial charge on any atom is 0.164 e. The Kier molecular flexibility index (Phi) is 8.10. The average Bonchev–Trinajstić information content (AvgIpc) is 3.52. The Bertz CT molecular complexity index is 1120. The number of aromatic nitrogens is 2. The summed E-state index contributed by atoms with van der Waals surface area (Å²) < 4.78 is 35.6. The number of hydrogen-bond acceptors (Lipinski definition) is 10. The highest BCUT2D eigenvalue weighted by Gasteiger charge is 2.32. The zero-order valence-electron chi connectivity index (χ0n) is 20.5. The van der Waals surface area contributed by atoms with Gasteiger partial charge in [-0.2, -0.15) is 0 Å². The minimum atomic E-state index is -3.13. The molecule has 11 heteroatoms. The number of nitrogens with zero attached hydrogens (tertiary/aromatic N) is 3. The van der Waals surface area contributed by atoms with Crippen molar-refractivity contribution in [3.8, 4) is 17.1 Å². The molecule has 2 aromatic rings. The highest BCUT2D eigenvalue weighted by atomic mass is 32.2. The van der Waals surface area contributed by atoms with Gasteiger partial charge in [0.1, 0.15) is 30.1 Å². The molecule has 0 spiro atoms. The second-order valence-corrected chi connectivity index (χ2v) is 11.6. The number of nitrogens with one attached hydrogen (secondary N) is 2. The quantitative estimate of drug-likeness (QED) is 0.434. The Hall–Kier alpha value is -2.47. The molecule has 192 valence electrons. The van der Waals surface area contributed by atoms with Gasteiger partial charge in [-0.1, -0.05) is 12.1 Å². The SMILES string of the molecule is CNCC(O)COc1cccc(-c2nc(NC3CCOC3)c(C)c(N3CCC(S(C)(=O)=O)C3)n2)c1. The smallest absolute Gasteiger partial charge is 0.164 e. The third-order valence-corrected chi connectivity index (χ3v) is 8.01. The van der Waals surface area contributed by atoms with Crippen LogP contribution in [0.5, 0.6) is 5.75 Å². The molecule has 0 saturated carbocycles. The van der Waals surface area contributed by atoms with Gasteiger partial charge in [0.15, 0.2) is 15.7 Å². The zero-order chi connectivity index (χ0) is 25.0. The summed E-state index contributed by atoms with van der Waals surface area (Å²) in [5, 5.41) is 16.0. The predicted molar refractivity (Wildman–Crippen MR) is 136 cm³/mol. The summed E-state index contributed by atoms with van der Waals surface area (Å²) in [4.78, 5) is 11.7. The van der Waals surface area contributed by atoms with E-state index in [1.54, 1.807) is 7.05 Å². The Morgan fingerprint density at radius 2 is 2.14 bits per heavy atom. The molecule has 0 bridgehead atoms. The largest absolute Gasteiger partial charge is 0.491 e. The number of aliphatic hydroxyl groups excluding tert-OH is 1. The van der Waals surface area contributed by atoms with Gasteiger partial charge in [0.05, 0.1) is 17.9 Å². The summed E-state index contributed by atoms with van der Waals surface area (Å²) in [7, 11) is -1.35. The molecule has 4 rings (SSSR count). The van der Waals surface area contributed by atoms with E-state index in [0.29, 0.717) is 50.8 Å². The van der Waals surface area contributed by atoms with Crippen molar-refractivity contribution in [2.24, 2.45) is 0 Å². The Balaban J connectivity index is 1.65. The molecular formula is C24H35N5O5S. The normalized spacial score (nSPS) is 21.3. The fourth-order valence-corrected chi connectivity index (χ4v) is 5.39. The van der Waals surface area contributed by atoms with Crippen molar-refractivity contribution >= 4 is 21.5 Å². The van der Waals surface area contributed by atoms with Crippen LogP contribution in [0.15, 0.2) is 24.3 Å². The van der Waals surface area contributed by atoms with E-state index in [9.17, 15) is 13.5 Å². The maximum absolute atomic E-state index is 12.1. The van der Waals surface area contributed by atoms with Crippen molar-refractivity contribution in [2.45, 2.75) is 37.2 Å². The lowest BCUT2D eigenvalue weighted by Gasteiger charge is -2.23. The lowest BCUT2D eigenvalue weighted by atomic mass is 10.1. The highest BCUT2D eigenvalue weighted by molar-refractivity contribution is 7.91. The van der Waals surface area contributed by atoms with Crippen molar-refractivity contribution in [1.29, 1.82) is 0 Å². The molecular weight excluding hydrogens is 470 g/mol. The molecule has 10 nitrogen and oxygen atoms in total. The lowest BCUT2D eigenvalue weighted by molar-refractivity contribution is 0.108. The third-order valence-electron chi connectivity index (χ3n) is 6.42. The highest BCUT2D eigenvalue weighted by Crippen LogP contribution is 2.32. The monoisotopic (exact) mass is 505 g/mol. The van der Waals surface area contributed by atoms with Gasteiger partial charge in [-0.15, -0.1) is 0 Å². The van der Waals surface area contributed by atoms with Gasteiger partial charge in [-0.3, -0.25) is 0 Å². The van der Waals surface area contributed by atoms with Crippen molar-refractivity contribution in [3.05, 3.63) is 29.8 Å². The Morgan fingerprint density at radius 3 is 2.83 bits per heavy atom. The third kappa shape index (κ3) is 6.40. The van der Waals surface area contributed by atoms with Gasteiger partial charge in [-0.25, -0.2) is 18.4 Å². The number of ether oxygens (including phenoxy) is 2. The summed E-state index contributed by atoms with van der Waals surface area (Å²) in [5.74, 6) is 2.59. The van der Waals surface area contributed by atoms with Crippen molar-refractivity contribution < 1.29 is 23.0 Å². The number of hydrogen-bond donors (Lipinski definition) is 3. The van der Waals surface area contributed by atoms with Crippen LogP contribution >= 0.6 is 0 Å². The minimum absolute atomic E-state index is 0.162. The molecule has 2 saturated heterocycles. The van der Waals surface area contributed by atoms with Crippen molar-refractivity contribution in [2.75, 3.05) is 63.0 Å². The molecule has 3 unspecified atom stereocenters. The van der Waals surface area contributed by atoms with E-state index >= 15 is 0 Å². The van der Waals surface area contributed by atoms with E-state index in [2.05, 4.69) is 10.6 Å². The molecule has 0 amide bonds. The topological polar surface area (TPSA) is 126 Å². The van der Waals surface area contributed by atoms with Crippen LogP contribution in [-0.4, -0.2) is 93.6 Å². The Morgan fingerprint density at radius 1 is 1.31 bits per heavy atom. The first kappa shape index (κ1) is 25.6. The van der Waals surface area contributed by atoms with E-state index in [1.165, 1.54) is 6.26 Å². The van der Waals surface area contributed by atoms with Gasteiger partial charge in [0.25, 0.3) is 0 Å². The van der Waals surface area contributed by atoms with Gasteiger partial charge >= 0.3 is 0 Å². The molecule has 2 aliphatic heterocycles. The minimum Gasteiger partial charge on any atom is -0.491 e. The van der Waals surface area contributed by atoms with Crippen LogP contribution in [0.25, 0.3) is 11.4 Å². The number of benzene rings is 1. The van der Waals surface area contributed by atoms with E-state index in [4.69, 9.17) is 19.4 Å². The molecule has 0 radical (unpaired) electrons. The number of likely N-dealkylation sites (N-methyl/N-ethyl adjacent to an activating group) is 1. The van der Waals surface area contributed by atoms with E-state index < -0.39 is 21.2 Å². The fourth-order valence-electron chi connectivity index (χ4n) is 4.41. The summed E-state index contributed by atoms with van der Waals surface area (Å²) in [5.41, 5.74) is 1.66. The van der Waals surface area contributed by atoms with E-state index in [0.717, 1.165) is 29.2 Å². The summed E-state index contributed by atoms with van der Waals surface area (Å²) in [6.45, 7) is 4.93. The Labute approximate surface area is 207 Å². The van der Waals surface area contributed by atoms with Crippen LogP contribution in [0.2, 0.25) is 0 Å². The molecule has 2 fully saturated rings. The predicted octanol–water partition coefficient (Wildman–Crippen LogP) is 1.24. The van der Waals surface area contributed by atoms with Crippen LogP contribution < -0.4 is 20.3 Å². The first-order valence-corrected chi connectivity index (χ1v) is 13.9. The van der Waals surface area contributed by atoms with E-state index in [-0.39, 0.29) is 12.6 Å². The molecule has 2 aliphatic rings.